The number of aliphatic hydroxyl groups excluding tert-OH is 1. The number of benzene rings is 1. The van der Waals surface area contributed by atoms with E-state index in [4.69, 9.17) is 0 Å². The smallest absolute Gasteiger partial charge is 0.261 e. The predicted molar refractivity (Wildman–Crippen MR) is 60.7 cm³/mol. The van der Waals surface area contributed by atoms with Gasteiger partial charge in [0.15, 0.2) is 0 Å². The van der Waals surface area contributed by atoms with Gasteiger partial charge in [0.05, 0.1) is 17.2 Å². The summed E-state index contributed by atoms with van der Waals surface area (Å²) in [7, 11) is 0. The number of rotatable bonds is 1. The molecule has 88 valence electrons. The van der Waals surface area contributed by atoms with E-state index in [2.05, 4.69) is 0 Å². The lowest BCUT2D eigenvalue weighted by atomic mass is 9.88. The van der Waals surface area contributed by atoms with E-state index in [1.54, 1.807) is 12.1 Å². The van der Waals surface area contributed by atoms with Crippen molar-refractivity contribution in [1.82, 2.24) is 4.90 Å². The molecular weight excluding hydrogens is 218 g/mol. The molecule has 0 aromatic heterocycles. The molecule has 4 nitrogen and oxygen atoms in total. The SMILES string of the molecule is Cc1ccc2c(c1)C(=O)N(C1CC(O)C1)C2=O. The van der Waals surface area contributed by atoms with Crippen LogP contribution in [0.25, 0.3) is 0 Å². The standard InChI is InChI=1S/C13H13NO3/c1-7-2-3-10-11(4-7)13(17)14(12(10)16)8-5-9(15)6-8/h2-4,8-9,15H,5-6H2,1H3. The monoisotopic (exact) mass is 231 g/mol. The molecule has 0 bridgehead atoms. The van der Waals surface area contributed by atoms with Crippen molar-refractivity contribution >= 4 is 11.8 Å². The summed E-state index contributed by atoms with van der Waals surface area (Å²) in [5, 5.41) is 9.26. The molecule has 1 fully saturated rings. The summed E-state index contributed by atoms with van der Waals surface area (Å²) in [4.78, 5) is 25.5. The Morgan fingerprint density at radius 3 is 2.47 bits per heavy atom. The highest BCUT2D eigenvalue weighted by molar-refractivity contribution is 6.21. The molecule has 17 heavy (non-hydrogen) atoms. The van der Waals surface area contributed by atoms with Crippen LogP contribution in [0, 0.1) is 6.92 Å². The van der Waals surface area contributed by atoms with Crippen LogP contribution >= 0.6 is 0 Å². The average molecular weight is 231 g/mol. The Hall–Kier alpha value is -1.68. The molecule has 0 unspecified atom stereocenters. The number of imide groups is 1. The first-order valence-electron chi connectivity index (χ1n) is 5.74. The van der Waals surface area contributed by atoms with E-state index < -0.39 is 0 Å². The largest absolute Gasteiger partial charge is 0.393 e. The average Bonchev–Trinajstić information content (AvgIpc) is 2.48. The summed E-state index contributed by atoms with van der Waals surface area (Å²) in [6.45, 7) is 1.90. The van der Waals surface area contributed by atoms with Crippen molar-refractivity contribution in [3.63, 3.8) is 0 Å². The first-order valence-corrected chi connectivity index (χ1v) is 5.74. The number of fused-ring (bicyclic) bond motifs is 1. The number of hydrogen-bond acceptors (Lipinski definition) is 3. The molecule has 3 rings (SSSR count). The van der Waals surface area contributed by atoms with Crippen LogP contribution in [0.3, 0.4) is 0 Å². The van der Waals surface area contributed by atoms with Crippen LogP contribution in [0.2, 0.25) is 0 Å². The molecule has 1 heterocycles. The second kappa shape index (κ2) is 3.40. The van der Waals surface area contributed by atoms with Gasteiger partial charge >= 0.3 is 0 Å². The fourth-order valence-corrected chi connectivity index (χ4v) is 2.47. The van der Waals surface area contributed by atoms with E-state index in [9.17, 15) is 14.7 Å². The Morgan fingerprint density at radius 2 is 1.82 bits per heavy atom. The highest BCUT2D eigenvalue weighted by Gasteiger charge is 2.44. The van der Waals surface area contributed by atoms with E-state index in [-0.39, 0.29) is 24.0 Å². The molecule has 1 N–H and O–H groups in total. The zero-order chi connectivity index (χ0) is 12.2. The topological polar surface area (TPSA) is 57.6 Å². The van der Waals surface area contributed by atoms with Crippen molar-refractivity contribution in [2.45, 2.75) is 31.9 Å². The van der Waals surface area contributed by atoms with Crippen LogP contribution in [-0.4, -0.2) is 34.0 Å². The molecule has 1 aliphatic carbocycles. The van der Waals surface area contributed by atoms with Crippen LogP contribution < -0.4 is 0 Å². The Kier molecular flexibility index (Phi) is 2.10. The van der Waals surface area contributed by atoms with Gasteiger partial charge in [0, 0.05) is 6.04 Å². The fraction of sp³-hybridized carbons (Fsp3) is 0.385. The zero-order valence-corrected chi connectivity index (χ0v) is 9.51. The summed E-state index contributed by atoms with van der Waals surface area (Å²) < 4.78 is 0. The summed E-state index contributed by atoms with van der Waals surface area (Å²) in [6.07, 6.45) is 0.639. The van der Waals surface area contributed by atoms with Crippen molar-refractivity contribution in [3.8, 4) is 0 Å². The third-order valence-corrected chi connectivity index (χ3v) is 3.53. The maximum atomic E-state index is 12.1. The van der Waals surface area contributed by atoms with Gasteiger partial charge < -0.3 is 5.11 Å². The van der Waals surface area contributed by atoms with Gasteiger partial charge in [0.2, 0.25) is 0 Å². The van der Waals surface area contributed by atoms with Gasteiger partial charge in [-0.2, -0.15) is 0 Å². The second-order valence-electron chi connectivity index (χ2n) is 4.81. The molecule has 0 saturated heterocycles. The first kappa shape index (κ1) is 10.5. The van der Waals surface area contributed by atoms with Gasteiger partial charge in [-0.15, -0.1) is 0 Å². The maximum absolute atomic E-state index is 12.1. The van der Waals surface area contributed by atoms with Crippen LogP contribution in [-0.2, 0) is 0 Å². The lowest BCUT2D eigenvalue weighted by molar-refractivity contribution is 0.0100. The minimum atomic E-state index is -0.369. The molecule has 4 heteroatoms. The van der Waals surface area contributed by atoms with Crippen LogP contribution in [0.15, 0.2) is 18.2 Å². The lowest BCUT2D eigenvalue weighted by Gasteiger charge is -2.37. The van der Waals surface area contributed by atoms with E-state index in [1.807, 2.05) is 13.0 Å². The van der Waals surface area contributed by atoms with Crippen LogP contribution in [0.5, 0.6) is 0 Å². The van der Waals surface area contributed by atoms with E-state index in [1.165, 1.54) is 4.90 Å². The van der Waals surface area contributed by atoms with Gasteiger partial charge in [-0.1, -0.05) is 11.6 Å². The number of carbonyl (C=O) groups excluding carboxylic acids is 2. The highest BCUT2D eigenvalue weighted by atomic mass is 16.3. The number of aryl methyl sites for hydroxylation is 1. The molecule has 1 aliphatic heterocycles. The minimum Gasteiger partial charge on any atom is -0.393 e. The van der Waals surface area contributed by atoms with Gasteiger partial charge in [-0.3, -0.25) is 14.5 Å². The molecule has 1 aromatic rings. The molecular formula is C13H13NO3. The summed E-state index contributed by atoms with van der Waals surface area (Å²) in [5.41, 5.74) is 1.96. The normalized spacial score (nSPS) is 27.1. The third-order valence-electron chi connectivity index (χ3n) is 3.53. The van der Waals surface area contributed by atoms with Crippen molar-refractivity contribution in [3.05, 3.63) is 34.9 Å². The number of nitrogens with zero attached hydrogens (tertiary/aromatic N) is 1. The molecule has 1 aromatic carbocycles. The first-order chi connectivity index (χ1) is 8.08. The molecule has 0 spiro atoms. The Morgan fingerprint density at radius 1 is 1.18 bits per heavy atom. The molecule has 1 saturated carbocycles. The van der Waals surface area contributed by atoms with Gasteiger partial charge in [-0.25, -0.2) is 0 Å². The molecule has 0 atom stereocenters. The summed E-state index contributed by atoms with van der Waals surface area (Å²) >= 11 is 0. The van der Waals surface area contributed by atoms with Crippen molar-refractivity contribution in [2.75, 3.05) is 0 Å². The Bertz CT molecular complexity index is 517. The molecule has 2 amide bonds. The number of amides is 2. The fourth-order valence-electron chi connectivity index (χ4n) is 2.47. The van der Waals surface area contributed by atoms with Crippen molar-refractivity contribution < 1.29 is 14.7 Å². The van der Waals surface area contributed by atoms with Crippen LogP contribution in [0.1, 0.15) is 39.1 Å². The second-order valence-corrected chi connectivity index (χ2v) is 4.81. The van der Waals surface area contributed by atoms with Crippen LogP contribution in [0.4, 0.5) is 0 Å². The Balaban J connectivity index is 1.97. The van der Waals surface area contributed by atoms with E-state index in [0.29, 0.717) is 24.0 Å². The zero-order valence-electron chi connectivity index (χ0n) is 9.51. The highest BCUT2D eigenvalue weighted by Crippen LogP contribution is 2.33. The van der Waals surface area contributed by atoms with Crippen molar-refractivity contribution in [1.29, 1.82) is 0 Å². The molecule has 0 radical (unpaired) electrons. The van der Waals surface area contributed by atoms with Crippen molar-refractivity contribution in [2.24, 2.45) is 0 Å². The number of hydrogen-bond donors (Lipinski definition) is 1. The quantitative estimate of drug-likeness (QED) is 0.737. The molecule has 2 aliphatic rings. The van der Waals surface area contributed by atoms with E-state index in [0.717, 1.165) is 5.56 Å². The minimum absolute atomic E-state index is 0.127. The summed E-state index contributed by atoms with van der Waals surface area (Å²) in [5.74, 6) is -0.437. The Labute approximate surface area is 98.9 Å². The van der Waals surface area contributed by atoms with Gasteiger partial charge in [-0.05, 0) is 31.9 Å². The van der Waals surface area contributed by atoms with Gasteiger partial charge in [0.25, 0.3) is 11.8 Å². The number of carbonyl (C=O) groups is 2. The maximum Gasteiger partial charge on any atom is 0.261 e. The van der Waals surface area contributed by atoms with E-state index >= 15 is 0 Å². The number of aliphatic hydroxyl groups is 1. The van der Waals surface area contributed by atoms with Gasteiger partial charge in [0.1, 0.15) is 0 Å². The third kappa shape index (κ3) is 1.41. The predicted octanol–water partition coefficient (Wildman–Crippen LogP) is 1.11. The summed E-state index contributed by atoms with van der Waals surface area (Å²) in [6, 6.07) is 5.17. The lowest BCUT2D eigenvalue weighted by Crippen LogP contribution is -2.49.